The molecule has 0 saturated carbocycles. The summed E-state index contributed by atoms with van der Waals surface area (Å²) in [6.07, 6.45) is 1.09. The number of anilines is 2. The molecule has 2 N–H and O–H groups in total. The average molecular weight is 295 g/mol. The van der Waals surface area contributed by atoms with Crippen LogP contribution in [0.2, 0.25) is 5.15 Å². The molecule has 20 heavy (non-hydrogen) atoms. The van der Waals surface area contributed by atoms with Crippen molar-refractivity contribution in [2.45, 2.75) is 0 Å². The fraction of sp³-hybridized carbons (Fsp3) is 0. The molecule has 0 radical (unpaired) electrons. The summed E-state index contributed by atoms with van der Waals surface area (Å²) in [6.45, 7) is 0. The maximum absolute atomic E-state index is 10.9. The van der Waals surface area contributed by atoms with Gasteiger partial charge in [-0.15, -0.1) is 0 Å². The second-order valence-electron chi connectivity index (χ2n) is 3.63. The molecule has 0 spiro atoms. The van der Waals surface area contributed by atoms with Crippen molar-refractivity contribution in [3.63, 3.8) is 0 Å². The summed E-state index contributed by atoms with van der Waals surface area (Å²) in [7, 11) is 0. The summed E-state index contributed by atoms with van der Waals surface area (Å²) in [5, 5.41) is 22.1. The molecule has 0 aliphatic heterocycles. The zero-order chi connectivity index (χ0) is 14.7. The summed E-state index contributed by atoms with van der Waals surface area (Å²) in [5.41, 5.74) is 0.0927. The van der Waals surface area contributed by atoms with Crippen molar-refractivity contribution in [2.24, 2.45) is 0 Å². The molecule has 0 atom stereocenters. The predicted octanol–water partition coefficient (Wildman–Crippen LogP) is 2.48. The number of nitrogens with one attached hydrogen (secondary N) is 1. The van der Waals surface area contributed by atoms with Gasteiger partial charge in [0.2, 0.25) is 11.0 Å². The summed E-state index contributed by atoms with van der Waals surface area (Å²) in [5.74, 6) is -1.13. The van der Waals surface area contributed by atoms with Gasteiger partial charge in [-0.05, 0) is 24.3 Å². The van der Waals surface area contributed by atoms with E-state index in [0.29, 0.717) is 5.69 Å². The van der Waals surface area contributed by atoms with E-state index in [1.807, 2.05) is 0 Å². The molecule has 0 bridgehead atoms. The predicted molar refractivity (Wildman–Crippen MR) is 70.4 cm³/mol. The maximum atomic E-state index is 10.9. The number of carboxylic acids is 1. The summed E-state index contributed by atoms with van der Waals surface area (Å²) < 4.78 is 0. The lowest BCUT2D eigenvalue weighted by molar-refractivity contribution is -0.384. The number of aromatic carboxylic acids is 1. The molecule has 9 heteroatoms. The van der Waals surface area contributed by atoms with Gasteiger partial charge in [0.1, 0.15) is 6.33 Å². The van der Waals surface area contributed by atoms with Gasteiger partial charge in [-0.1, -0.05) is 11.6 Å². The van der Waals surface area contributed by atoms with Gasteiger partial charge in [-0.3, -0.25) is 10.1 Å². The maximum Gasteiger partial charge on any atom is 0.348 e. The van der Waals surface area contributed by atoms with E-state index in [1.54, 1.807) is 0 Å². The van der Waals surface area contributed by atoms with Gasteiger partial charge in [0.05, 0.1) is 10.5 Å². The van der Waals surface area contributed by atoms with E-state index in [0.717, 1.165) is 6.33 Å². The number of benzene rings is 1. The van der Waals surface area contributed by atoms with Crippen LogP contribution in [0.15, 0.2) is 30.6 Å². The topological polar surface area (TPSA) is 118 Å². The molecule has 1 heterocycles. The Kier molecular flexibility index (Phi) is 3.76. The van der Waals surface area contributed by atoms with Crippen LogP contribution >= 0.6 is 11.6 Å². The third-order valence-electron chi connectivity index (χ3n) is 2.35. The second-order valence-corrected chi connectivity index (χ2v) is 3.98. The van der Waals surface area contributed by atoms with Crippen molar-refractivity contribution in [2.75, 3.05) is 5.32 Å². The van der Waals surface area contributed by atoms with Crippen LogP contribution in [-0.4, -0.2) is 26.0 Å². The van der Waals surface area contributed by atoms with Gasteiger partial charge >= 0.3 is 11.7 Å². The Balaban J connectivity index is 2.33. The minimum Gasteiger partial charge on any atom is -0.478 e. The normalized spacial score (nSPS) is 10.1. The van der Waals surface area contributed by atoms with Gasteiger partial charge in [-0.2, -0.15) is 0 Å². The second kappa shape index (κ2) is 5.49. The molecule has 0 unspecified atom stereocenters. The first-order chi connectivity index (χ1) is 9.49. The van der Waals surface area contributed by atoms with Crippen LogP contribution in [0.5, 0.6) is 0 Å². The Hall–Kier alpha value is -2.74. The molecular weight excluding hydrogens is 288 g/mol. The highest BCUT2D eigenvalue weighted by atomic mass is 35.5. The van der Waals surface area contributed by atoms with Crippen molar-refractivity contribution < 1.29 is 14.8 Å². The van der Waals surface area contributed by atoms with Crippen molar-refractivity contribution in [1.29, 1.82) is 0 Å². The highest BCUT2D eigenvalue weighted by Gasteiger charge is 2.21. The fourth-order valence-corrected chi connectivity index (χ4v) is 1.65. The Morgan fingerprint density at radius 1 is 1.30 bits per heavy atom. The summed E-state index contributed by atoms with van der Waals surface area (Å²) >= 11 is 5.65. The van der Waals surface area contributed by atoms with E-state index < -0.39 is 16.6 Å². The monoisotopic (exact) mass is 294 g/mol. The molecule has 102 valence electrons. The van der Waals surface area contributed by atoms with Crippen molar-refractivity contribution >= 4 is 34.8 Å². The largest absolute Gasteiger partial charge is 0.478 e. The Labute approximate surface area is 117 Å². The molecule has 2 rings (SSSR count). The number of nitrogens with zero attached hydrogens (tertiary/aromatic N) is 3. The van der Waals surface area contributed by atoms with Crippen LogP contribution in [0.3, 0.4) is 0 Å². The molecule has 8 nitrogen and oxygen atoms in total. The standard InChI is InChI=1S/C11H7ClN4O4/c12-9-8(16(19)20)10(14-5-13-9)15-7-3-1-6(2-4-7)11(17)18/h1-5H,(H,17,18)(H,13,14,15). The SMILES string of the molecule is O=C(O)c1ccc(Nc2ncnc(Cl)c2[N+](=O)[O-])cc1. The first kappa shape index (κ1) is 13.7. The first-order valence-electron chi connectivity index (χ1n) is 5.24. The fourth-order valence-electron chi connectivity index (χ4n) is 1.44. The highest BCUT2D eigenvalue weighted by Crippen LogP contribution is 2.30. The number of hydrogen-bond donors (Lipinski definition) is 2. The molecule has 0 aliphatic carbocycles. The average Bonchev–Trinajstić information content (AvgIpc) is 2.39. The number of rotatable bonds is 4. The van der Waals surface area contributed by atoms with E-state index in [-0.39, 0.29) is 16.5 Å². The van der Waals surface area contributed by atoms with Crippen molar-refractivity contribution in [1.82, 2.24) is 9.97 Å². The molecule has 0 aliphatic rings. The lowest BCUT2D eigenvalue weighted by Crippen LogP contribution is -2.02. The quantitative estimate of drug-likeness (QED) is 0.505. The van der Waals surface area contributed by atoms with E-state index in [1.165, 1.54) is 24.3 Å². The van der Waals surface area contributed by atoms with Crippen LogP contribution < -0.4 is 5.32 Å². The molecule has 0 fully saturated rings. The molecule has 2 aromatic rings. The number of carboxylic acid groups (broad SMARTS) is 1. The van der Waals surface area contributed by atoms with Crippen LogP contribution in [0.1, 0.15) is 10.4 Å². The molecule has 1 aromatic carbocycles. The smallest absolute Gasteiger partial charge is 0.348 e. The van der Waals surface area contributed by atoms with E-state index in [2.05, 4.69) is 15.3 Å². The zero-order valence-electron chi connectivity index (χ0n) is 9.78. The molecule has 1 aromatic heterocycles. The van der Waals surface area contributed by atoms with Crippen LogP contribution in [0.25, 0.3) is 0 Å². The number of carbonyl (C=O) groups is 1. The molecular formula is C11H7ClN4O4. The van der Waals surface area contributed by atoms with Gasteiger partial charge in [0.15, 0.2) is 0 Å². The Morgan fingerprint density at radius 2 is 1.95 bits per heavy atom. The van der Waals surface area contributed by atoms with Crippen molar-refractivity contribution in [3.8, 4) is 0 Å². The Morgan fingerprint density at radius 3 is 2.50 bits per heavy atom. The third kappa shape index (κ3) is 2.81. The van der Waals surface area contributed by atoms with Crippen LogP contribution in [0.4, 0.5) is 17.2 Å². The number of nitro groups is 1. The summed E-state index contributed by atoms with van der Waals surface area (Å²) in [4.78, 5) is 28.2. The molecule has 0 amide bonds. The zero-order valence-corrected chi connectivity index (χ0v) is 10.5. The van der Waals surface area contributed by atoms with Gasteiger partial charge in [-0.25, -0.2) is 14.8 Å². The van der Waals surface area contributed by atoms with E-state index in [4.69, 9.17) is 16.7 Å². The van der Waals surface area contributed by atoms with Crippen LogP contribution in [-0.2, 0) is 0 Å². The van der Waals surface area contributed by atoms with E-state index in [9.17, 15) is 14.9 Å². The number of aromatic nitrogens is 2. The minimum atomic E-state index is -1.06. The van der Waals surface area contributed by atoms with Crippen molar-refractivity contribution in [3.05, 3.63) is 51.4 Å². The Bertz CT molecular complexity index is 675. The minimum absolute atomic E-state index is 0.0712. The number of hydrogen-bond acceptors (Lipinski definition) is 6. The molecule has 0 saturated heterocycles. The van der Waals surface area contributed by atoms with Gasteiger partial charge in [0, 0.05) is 5.69 Å². The third-order valence-corrected chi connectivity index (χ3v) is 2.63. The lowest BCUT2D eigenvalue weighted by atomic mass is 10.2. The highest BCUT2D eigenvalue weighted by molar-refractivity contribution is 6.31. The summed E-state index contributed by atoms with van der Waals surface area (Å²) in [6, 6.07) is 5.64. The van der Waals surface area contributed by atoms with Gasteiger partial charge < -0.3 is 10.4 Å². The first-order valence-corrected chi connectivity index (χ1v) is 5.62. The number of halogens is 1. The van der Waals surface area contributed by atoms with Gasteiger partial charge in [0.25, 0.3) is 0 Å². The van der Waals surface area contributed by atoms with Crippen LogP contribution in [0, 0.1) is 10.1 Å². The van der Waals surface area contributed by atoms with E-state index >= 15 is 0 Å². The lowest BCUT2D eigenvalue weighted by Gasteiger charge is -2.06.